The molecule has 114 valence electrons. The lowest BCUT2D eigenvalue weighted by molar-refractivity contribution is -0.0436. The van der Waals surface area contributed by atoms with Crippen LogP contribution in [0.2, 0.25) is 0 Å². The molecule has 2 N–H and O–H groups in total. The maximum absolute atomic E-state index is 6.54. The fraction of sp³-hybridized carbons (Fsp3) is 1.00. The Hall–Kier alpha value is -0.0400. The molecule has 0 radical (unpaired) electrons. The largest absolute Gasteiger partial charge is 0.327 e. The molecule has 0 bridgehead atoms. The van der Waals surface area contributed by atoms with Gasteiger partial charge in [0, 0.05) is 6.04 Å². The lowest BCUT2D eigenvalue weighted by Gasteiger charge is -2.54. The average Bonchev–Trinajstić information content (AvgIpc) is 2.86. The molecule has 0 aromatic carbocycles. The zero-order chi connectivity index (χ0) is 14.1. The molecule has 0 spiro atoms. The third-order valence-corrected chi connectivity index (χ3v) is 8.67. The van der Waals surface area contributed by atoms with E-state index in [4.69, 9.17) is 5.73 Å². The van der Waals surface area contributed by atoms with Gasteiger partial charge < -0.3 is 5.73 Å². The highest BCUT2D eigenvalue weighted by molar-refractivity contribution is 5.13. The van der Waals surface area contributed by atoms with E-state index in [-0.39, 0.29) is 0 Å². The summed E-state index contributed by atoms with van der Waals surface area (Å²) in [6.07, 6.45) is 11.7. The highest BCUT2D eigenvalue weighted by Crippen LogP contribution is 2.69. The van der Waals surface area contributed by atoms with E-state index < -0.39 is 0 Å². The summed E-state index contributed by atoms with van der Waals surface area (Å²) >= 11 is 0. The van der Waals surface area contributed by atoms with Crippen molar-refractivity contribution in [2.45, 2.75) is 78.2 Å². The van der Waals surface area contributed by atoms with Crippen molar-refractivity contribution in [3.63, 3.8) is 0 Å². The van der Waals surface area contributed by atoms with Crippen molar-refractivity contribution in [1.82, 2.24) is 0 Å². The summed E-state index contributed by atoms with van der Waals surface area (Å²) < 4.78 is 0. The van der Waals surface area contributed by atoms with Gasteiger partial charge in [0.25, 0.3) is 0 Å². The fourth-order valence-corrected chi connectivity index (χ4v) is 7.29. The molecule has 8 atom stereocenters. The highest BCUT2D eigenvalue weighted by Gasteiger charge is 2.62. The van der Waals surface area contributed by atoms with Crippen molar-refractivity contribution >= 4 is 0 Å². The Labute approximate surface area is 125 Å². The van der Waals surface area contributed by atoms with Crippen LogP contribution in [0, 0.1) is 40.4 Å². The topological polar surface area (TPSA) is 26.0 Å². The molecular formula is C19H33N. The van der Waals surface area contributed by atoms with Crippen LogP contribution >= 0.6 is 0 Å². The summed E-state index contributed by atoms with van der Waals surface area (Å²) in [6.45, 7) is 7.68. The second kappa shape index (κ2) is 4.24. The molecule has 0 aromatic rings. The van der Waals surface area contributed by atoms with Crippen molar-refractivity contribution in [2.75, 3.05) is 0 Å². The normalized spacial score (nSPS) is 61.8. The van der Waals surface area contributed by atoms with Crippen LogP contribution in [-0.4, -0.2) is 6.04 Å². The third-order valence-electron chi connectivity index (χ3n) is 8.67. The van der Waals surface area contributed by atoms with Gasteiger partial charge in [0.2, 0.25) is 0 Å². The van der Waals surface area contributed by atoms with Gasteiger partial charge in [0.15, 0.2) is 0 Å². The minimum absolute atomic E-state index is 0.482. The van der Waals surface area contributed by atoms with Gasteiger partial charge in [-0.2, -0.15) is 0 Å². The third kappa shape index (κ3) is 1.59. The maximum atomic E-state index is 6.54. The van der Waals surface area contributed by atoms with Gasteiger partial charge in [-0.15, -0.1) is 0 Å². The van der Waals surface area contributed by atoms with Crippen LogP contribution in [0.25, 0.3) is 0 Å². The first-order chi connectivity index (χ1) is 9.45. The summed E-state index contributed by atoms with van der Waals surface area (Å²) in [7, 11) is 0. The average molecular weight is 275 g/mol. The van der Waals surface area contributed by atoms with E-state index in [0.29, 0.717) is 16.9 Å². The van der Waals surface area contributed by atoms with Gasteiger partial charge in [-0.1, -0.05) is 27.2 Å². The van der Waals surface area contributed by atoms with Crippen LogP contribution in [0.5, 0.6) is 0 Å². The number of hydrogen-bond acceptors (Lipinski definition) is 1. The van der Waals surface area contributed by atoms with Crippen LogP contribution in [0.1, 0.15) is 72.1 Å². The molecule has 4 aliphatic carbocycles. The molecule has 4 aliphatic rings. The zero-order valence-electron chi connectivity index (χ0n) is 13.7. The standard InChI is InChI=1S/C19H33N/c1-12-8-9-18(2)13(10-12)4-5-14-15-6-7-17(20)19(15,3)11-16(14)18/h12-17H,4-11,20H2,1-3H3. The molecular weight excluding hydrogens is 242 g/mol. The van der Waals surface area contributed by atoms with Crippen molar-refractivity contribution in [2.24, 2.45) is 46.2 Å². The van der Waals surface area contributed by atoms with Crippen molar-refractivity contribution in [3.05, 3.63) is 0 Å². The number of hydrogen-bond donors (Lipinski definition) is 1. The van der Waals surface area contributed by atoms with E-state index in [1.54, 1.807) is 0 Å². The van der Waals surface area contributed by atoms with E-state index >= 15 is 0 Å². The van der Waals surface area contributed by atoms with Gasteiger partial charge in [0.05, 0.1) is 0 Å². The Morgan fingerprint density at radius 2 is 1.70 bits per heavy atom. The summed E-state index contributed by atoms with van der Waals surface area (Å²) in [5, 5.41) is 0. The Morgan fingerprint density at radius 3 is 2.50 bits per heavy atom. The van der Waals surface area contributed by atoms with Crippen molar-refractivity contribution < 1.29 is 0 Å². The highest BCUT2D eigenvalue weighted by atomic mass is 14.8. The van der Waals surface area contributed by atoms with E-state index in [1.807, 2.05) is 0 Å². The summed E-state index contributed by atoms with van der Waals surface area (Å²) in [4.78, 5) is 0. The number of nitrogens with two attached hydrogens (primary N) is 1. The molecule has 0 saturated heterocycles. The van der Waals surface area contributed by atoms with Gasteiger partial charge in [-0.3, -0.25) is 0 Å². The van der Waals surface area contributed by atoms with Crippen molar-refractivity contribution in [1.29, 1.82) is 0 Å². The predicted octanol–water partition coefficient (Wildman–Crippen LogP) is 4.60. The maximum Gasteiger partial charge on any atom is 0.00958 e. The minimum Gasteiger partial charge on any atom is -0.327 e. The molecule has 1 heteroatoms. The minimum atomic E-state index is 0.482. The zero-order valence-corrected chi connectivity index (χ0v) is 13.7. The molecule has 0 heterocycles. The molecule has 4 saturated carbocycles. The second-order valence-corrected chi connectivity index (χ2v) is 9.43. The van der Waals surface area contributed by atoms with Crippen LogP contribution in [-0.2, 0) is 0 Å². The number of fused-ring (bicyclic) bond motifs is 5. The van der Waals surface area contributed by atoms with Crippen LogP contribution in [0.3, 0.4) is 0 Å². The van der Waals surface area contributed by atoms with Crippen LogP contribution in [0.4, 0.5) is 0 Å². The summed E-state index contributed by atoms with van der Waals surface area (Å²) in [5.41, 5.74) is 7.68. The second-order valence-electron chi connectivity index (χ2n) is 9.43. The lowest BCUT2D eigenvalue weighted by atomic mass is 9.51. The van der Waals surface area contributed by atoms with E-state index in [0.717, 1.165) is 29.6 Å². The lowest BCUT2D eigenvalue weighted by Crippen LogP contribution is -2.45. The predicted molar refractivity (Wildman–Crippen MR) is 84.2 cm³/mol. The first-order valence-corrected chi connectivity index (χ1v) is 9.21. The smallest absolute Gasteiger partial charge is 0.00958 e. The van der Waals surface area contributed by atoms with E-state index in [2.05, 4.69) is 20.8 Å². The molecule has 0 aliphatic heterocycles. The number of rotatable bonds is 0. The van der Waals surface area contributed by atoms with Gasteiger partial charge in [-0.05, 0) is 85.4 Å². The van der Waals surface area contributed by atoms with E-state index in [9.17, 15) is 0 Å². The molecule has 0 amide bonds. The Kier molecular flexibility index (Phi) is 2.89. The van der Waals surface area contributed by atoms with Gasteiger partial charge in [-0.25, -0.2) is 0 Å². The quantitative estimate of drug-likeness (QED) is 0.687. The monoisotopic (exact) mass is 275 g/mol. The molecule has 8 unspecified atom stereocenters. The molecule has 4 rings (SSSR count). The van der Waals surface area contributed by atoms with Gasteiger partial charge >= 0.3 is 0 Å². The molecule has 0 aromatic heterocycles. The van der Waals surface area contributed by atoms with E-state index in [1.165, 1.54) is 51.4 Å². The van der Waals surface area contributed by atoms with Crippen LogP contribution < -0.4 is 5.73 Å². The summed E-state index contributed by atoms with van der Waals surface area (Å²) in [5.74, 6) is 4.97. The first kappa shape index (κ1) is 13.6. The summed E-state index contributed by atoms with van der Waals surface area (Å²) in [6, 6.07) is 0.489. The SMILES string of the molecule is CC1CCC2(C)C(CCC3C4CCC(N)C4(C)CC32)C1. The molecule has 20 heavy (non-hydrogen) atoms. The Bertz CT molecular complexity index is 405. The molecule has 1 nitrogen and oxygen atoms in total. The fourth-order valence-electron chi connectivity index (χ4n) is 7.29. The Morgan fingerprint density at radius 1 is 0.900 bits per heavy atom. The molecule has 4 fully saturated rings. The van der Waals surface area contributed by atoms with Crippen LogP contribution in [0.15, 0.2) is 0 Å². The Balaban J connectivity index is 1.66. The first-order valence-electron chi connectivity index (χ1n) is 9.21. The van der Waals surface area contributed by atoms with Gasteiger partial charge in [0.1, 0.15) is 0 Å². The van der Waals surface area contributed by atoms with Crippen molar-refractivity contribution in [3.8, 4) is 0 Å².